The minimum Gasteiger partial charge on any atom is -0.378 e. The Labute approximate surface area is 154 Å². The van der Waals surface area contributed by atoms with E-state index in [1.165, 1.54) is 34.1 Å². The molecular weight excluding hydrogens is 331 g/mol. The zero-order chi connectivity index (χ0) is 18.0. The lowest BCUT2D eigenvalue weighted by Crippen LogP contribution is -2.26. The van der Waals surface area contributed by atoms with Crippen molar-refractivity contribution in [1.29, 1.82) is 0 Å². The molecule has 0 fully saturated rings. The van der Waals surface area contributed by atoms with Gasteiger partial charge in [-0.3, -0.25) is 0 Å². The Bertz CT molecular complexity index is 768. The van der Waals surface area contributed by atoms with Crippen LogP contribution < -0.4 is 9.80 Å². The summed E-state index contributed by atoms with van der Waals surface area (Å²) in [5.74, 6) is 1.23. The number of thioether (sulfide) groups is 1. The van der Waals surface area contributed by atoms with E-state index < -0.39 is 0 Å². The molecule has 132 valence electrons. The average Bonchev–Trinajstić information content (AvgIpc) is 2.59. The van der Waals surface area contributed by atoms with Crippen molar-refractivity contribution in [3.05, 3.63) is 70.5 Å². The van der Waals surface area contributed by atoms with Crippen molar-refractivity contribution >= 4 is 23.1 Å². The number of halogens is 1. The maximum atomic E-state index is 13.3. The number of hydrogen-bond donors (Lipinski definition) is 0. The largest absolute Gasteiger partial charge is 0.378 e. The molecule has 3 rings (SSSR count). The quantitative estimate of drug-likeness (QED) is 0.687. The van der Waals surface area contributed by atoms with Crippen LogP contribution >= 0.6 is 11.8 Å². The van der Waals surface area contributed by atoms with E-state index in [1.54, 1.807) is 0 Å². The van der Waals surface area contributed by atoms with Crippen LogP contribution in [-0.4, -0.2) is 19.8 Å². The molecule has 0 saturated heterocycles. The van der Waals surface area contributed by atoms with Crippen molar-refractivity contribution in [3.63, 3.8) is 0 Å². The summed E-state index contributed by atoms with van der Waals surface area (Å²) in [7, 11) is 4.13. The van der Waals surface area contributed by atoms with Gasteiger partial charge in [-0.1, -0.05) is 32.0 Å². The van der Waals surface area contributed by atoms with E-state index in [0.717, 1.165) is 17.9 Å². The van der Waals surface area contributed by atoms with Gasteiger partial charge in [-0.25, -0.2) is 4.39 Å². The van der Waals surface area contributed by atoms with Gasteiger partial charge >= 0.3 is 0 Å². The number of hydrogen-bond acceptors (Lipinski definition) is 3. The summed E-state index contributed by atoms with van der Waals surface area (Å²) < 4.78 is 13.3. The van der Waals surface area contributed by atoms with Gasteiger partial charge < -0.3 is 9.80 Å². The van der Waals surface area contributed by atoms with E-state index in [0.29, 0.717) is 5.92 Å². The molecule has 0 spiro atoms. The lowest BCUT2D eigenvalue weighted by atomic mass is 9.94. The van der Waals surface area contributed by atoms with Crippen molar-refractivity contribution < 1.29 is 4.39 Å². The van der Waals surface area contributed by atoms with Gasteiger partial charge in [-0.2, -0.15) is 0 Å². The molecule has 4 heteroatoms. The number of allylic oxidation sites excluding steroid dienone is 1. The van der Waals surface area contributed by atoms with Gasteiger partial charge in [0.2, 0.25) is 0 Å². The minimum atomic E-state index is -0.190. The molecular formula is C21H25FN2S. The van der Waals surface area contributed by atoms with Crippen LogP contribution in [0.3, 0.4) is 0 Å². The van der Waals surface area contributed by atoms with Gasteiger partial charge in [-0.05, 0) is 47.2 Å². The molecule has 0 saturated carbocycles. The summed E-state index contributed by atoms with van der Waals surface area (Å²) in [5.41, 5.74) is 4.90. The predicted octanol–water partition coefficient (Wildman–Crippen LogP) is 5.61. The van der Waals surface area contributed by atoms with Crippen LogP contribution in [0.25, 0.3) is 0 Å². The topological polar surface area (TPSA) is 6.48 Å². The van der Waals surface area contributed by atoms with Crippen LogP contribution in [0.1, 0.15) is 30.9 Å². The van der Waals surface area contributed by atoms with Crippen molar-refractivity contribution in [2.45, 2.75) is 26.3 Å². The molecule has 0 aromatic heterocycles. The molecule has 0 N–H and O–H groups in total. The Kier molecular flexibility index (Phi) is 5.38. The Morgan fingerprint density at radius 1 is 1.12 bits per heavy atom. The summed E-state index contributed by atoms with van der Waals surface area (Å²) in [6, 6.07) is 13.5. The molecule has 1 aliphatic rings. The maximum absolute atomic E-state index is 13.3. The zero-order valence-corrected chi connectivity index (χ0v) is 16.1. The predicted molar refractivity (Wildman–Crippen MR) is 108 cm³/mol. The molecule has 1 aliphatic heterocycles. The van der Waals surface area contributed by atoms with Gasteiger partial charge in [0.1, 0.15) is 5.82 Å². The molecule has 1 atom stereocenters. The fourth-order valence-electron chi connectivity index (χ4n) is 3.15. The highest BCUT2D eigenvalue weighted by atomic mass is 32.2. The van der Waals surface area contributed by atoms with Crippen LogP contribution in [0.2, 0.25) is 0 Å². The summed E-state index contributed by atoms with van der Waals surface area (Å²) in [4.78, 5) is 4.50. The van der Waals surface area contributed by atoms with Gasteiger partial charge in [0.05, 0.1) is 5.03 Å². The molecule has 0 bridgehead atoms. The Morgan fingerprint density at radius 3 is 2.48 bits per heavy atom. The minimum absolute atomic E-state index is 0.190. The first-order valence-corrected chi connectivity index (χ1v) is 9.66. The molecule has 25 heavy (non-hydrogen) atoms. The first-order valence-electron chi connectivity index (χ1n) is 8.67. The lowest BCUT2D eigenvalue weighted by molar-refractivity contribution is 0.627. The summed E-state index contributed by atoms with van der Waals surface area (Å²) in [5, 5.41) is 1.28. The number of anilines is 2. The monoisotopic (exact) mass is 356 g/mol. The van der Waals surface area contributed by atoms with E-state index in [-0.39, 0.29) is 5.82 Å². The standard InChI is InChI=1S/C21H25FN2S/c1-5-25-21-12-15(2)19-11-10-18(23(3)4)13-20(19)24(21)14-16-6-8-17(22)9-7-16/h6-13,15H,5,14H2,1-4H3. The summed E-state index contributed by atoms with van der Waals surface area (Å²) in [6.45, 7) is 5.17. The number of fused-ring (bicyclic) bond motifs is 1. The second-order valence-corrected chi connectivity index (χ2v) is 7.86. The molecule has 2 aromatic carbocycles. The normalized spacial score (nSPS) is 16.4. The van der Waals surface area contributed by atoms with Crippen molar-refractivity contribution in [3.8, 4) is 0 Å². The van der Waals surface area contributed by atoms with Gasteiger partial charge in [0.15, 0.2) is 0 Å². The summed E-state index contributed by atoms with van der Waals surface area (Å²) in [6.07, 6.45) is 2.34. The molecule has 0 amide bonds. The lowest BCUT2D eigenvalue weighted by Gasteiger charge is -2.35. The average molecular weight is 357 g/mol. The van der Waals surface area contributed by atoms with Gasteiger partial charge in [0, 0.05) is 37.9 Å². The second-order valence-electron chi connectivity index (χ2n) is 6.58. The smallest absolute Gasteiger partial charge is 0.123 e. The third-order valence-electron chi connectivity index (χ3n) is 4.52. The van der Waals surface area contributed by atoms with Gasteiger partial charge in [-0.15, -0.1) is 11.8 Å². The number of benzene rings is 2. The molecule has 0 aliphatic carbocycles. The molecule has 1 heterocycles. The second kappa shape index (κ2) is 7.52. The highest BCUT2D eigenvalue weighted by Crippen LogP contribution is 2.42. The van der Waals surface area contributed by atoms with E-state index >= 15 is 0 Å². The highest BCUT2D eigenvalue weighted by molar-refractivity contribution is 8.03. The van der Waals surface area contributed by atoms with Crippen molar-refractivity contribution in [1.82, 2.24) is 0 Å². The van der Waals surface area contributed by atoms with Crippen LogP contribution in [0.15, 0.2) is 53.6 Å². The SMILES string of the molecule is CCSC1=CC(C)c2ccc(N(C)C)cc2N1Cc1ccc(F)cc1. The Morgan fingerprint density at radius 2 is 1.84 bits per heavy atom. The molecule has 2 aromatic rings. The van der Waals surface area contributed by atoms with Crippen molar-refractivity contribution in [2.24, 2.45) is 0 Å². The van der Waals surface area contributed by atoms with E-state index in [9.17, 15) is 4.39 Å². The number of rotatable bonds is 5. The summed E-state index contributed by atoms with van der Waals surface area (Å²) >= 11 is 1.86. The molecule has 1 unspecified atom stereocenters. The van der Waals surface area contributed by atoms with Crippen molar-refractivity contribution in [2.75, 3.05) is 29.6 Å². The van der Waals surface area contributed by atoms with Crippen LogP contribution in [0, 0.1) is 5.82 Å². The fraction of sp³-hybridized carbons (Fsp3) is 0.333. The van der Waals surface area contributed by atoms with Gasteiger partial charge in [0.25, 0.3) is 0 Å². The first-order chi connectivity index (χ1) is 12.0. The maximum Gasteiger partial charge on any atom is 0.123 e. The number of nitrogens with zero attached hydrogens (tertiary/aromatic N) is 2. The zero-order valence-electron chi connectivity index (χ0n) is 15.3. The first kappa shape index (κ1) is 17.9. The third-order valence-corrected chi connectivity index (χ3v) is 5.46. The Hall–Kier alpha value is -1.94. The fourth-order valence-corrected chi connectivity index (χ4v) is 4.07. The van der Waals surface area contributed by atoms with Crippen LogP contribution in [-0.2, 0) is 6.54 Å². The van der Waals surface area contributed by atoms with E-state index in [2.05, 4.69) is 62.0 Å². The van der Waals surface area contributed by atoms with Crippen LogP contribution in [0.4, 0.5) is 15.8 Å². The third kappa shape index (κ3) is 3.84. The van der Waals surface area contributed by atoms with E-state index in [1.807, 2.05) is 23.9 Å². The molecule has 0 radical (unpaired) electrons. The van der Waals surface area contributed by atoms with Crippen LogP contribution in [0.5, 0.6) is 0 Å². The Balaban J connectivity index is 2.03. The highest BCUT2D eigenvalue weighted by Gasteiger charge is 2.25. The van der Waals surface area contributed by atoms with E-state index in [4.69, 9.17) is 0 Å². The molecule has 2 nitrogen and oxygen atoms in total.